The van der Waals surface area contributed by atoms with E-state index in [2.05, 4.69) is 4.18 Å². The van der Waals surface area contributed by atoms with E-state index in [9.17, 15) is 9.32 Å². The van der Waals surface area contributed by atoms with Gasteiger partial charge in [0.05, 0.1) is 6.61 Å². The number of rotatable bonds is 3. The van der Waals surface area contributed by atoms with Crippen LogP contribution in [0.3, 0.4) is 0 Å². The molecule has 0 saturated carbocycles. The Kier molecular flexibility index (Phi) is 10.3. The SMILES string of the molecule is CCOS(=O)C=C(C)[O-].[Na+]. The molecule has 0 aliphatic heterocycles. The molecule has 0 spiro atoms. The molecule has 0 aromatic carbocycles. The van der Waals surface area contributed by atoms with Crippen LogP contribution in [0, 0.1) is 0 Å². The van der Waals surface area contributed by atoms with Crippen LogP contribution in [0.5, 0.6) is 0 Å². The zero-order valence-corrected chi connectivity index (χ0v) is 9.23. The van der Waals surface area contributed by atoms with Crippen molar-refractivity contribution in [3.63, 3.8) is 0 Å². The Hall–Kier alpha value is 0.650. The molecule has 0 fully saturated rings. The van der Waals surface area contributed by atoms with Crippen molar-refractivity contribution < 1.29 is 43.1 Å². The summed E-state index contributed by atoms with van der Waals surface area (Å²) in [7, 11) is 0. The van der Waals surface area contributed by atoms with Gasteiger partial charge in [-0.25, -0.2) is 4.21 Å². The summed E-state index contributed by atoms with van der Waals surface area (Å²) in [5, 5.41) is 11.2. The van der Waals surface area contributed by atoms with Crippen LogP contribution in [0.4, 0.5) is 0 Å². The first-order chi connectivity index (χ1) is 4.16. The van der Waals surface area contributed by atoms with E-state index in [1.54, 1.807) is 6.92 Å². The standard InChI is InChI=1S/C5H10O3S.Na/c1-3-8-9(7)4-5(2)6;/h4,6H,3H2,1-2H3;/q;+1/p-1. The van der Waals surface area contributed by atoms with Crippen molar-refractivity contribution in [2.45, 2.75) is 13.8 Å². The molecular formula is C5H9NaO3S. The largest absolute Gasteiger partial charge is 1.00 e. The minimum atomic E-state index is -1.52. The predicted octanol–water partition coefficient (Wildman–Crippen LogP) is -3.09. The quantitative estimate of drug-likeness (QED) is 0.335. The van der Waals surface area contributed by atoms with Crippen LogP contribution in [-0.4, -0.2) is 10.8 Å². The minimum Gasteiger partial charge on any atom is -0.875 e. The molecule has 10 heavy (non-hydrogen) atoms. The first-order valence-corrected chi connectivity index (χ1v) is 3.70. The maximum atomic E-state index is 10.5. The van der Waals surface area contributed by atoms with E-state index in [1.165, 1.54) is 6.92 Å². The van der Waals surface area contributed by atoms with Crippen molar-refractivity contribution in [2.24, 2.45) is 0 Å². The summed E-state index contributed by atoms with van der Waals surface area (Å²) in [5.74, 6) is -0.234. The van der Waals surface area contributed by atoms with Crippen LogP contribution in [0.25, 0.3) is 0 Å². The molecule has 0 aromatic rings. The Balaban J connectivity index is 0. The molecular weight excluding hydrogens is 163 g/mol. The summed E-state index contributed by atoms with van der Waals surface area (Å²) in [5.41, 5.74) is 0. The molecule has 0 amide bonds. The molecule has 5 heteroatoms. The molecule has 3 nitrogen and oxygen atoms in total. The fourth-order valence-electron chi connectivity index (χ4n) is 0.286. The summed E-state index contributed by atoms with van der Waals surface area (Å²) >= 11 is -1.52. The molecule has 0 bridgehead atoms. The van der Waals surface area contributed by atoms with Gasteiger partial charge in [0.2, 0.25) is 0 Å². The molecule has 0 aliphatic rings. The van der Waals surface area contributed by atoms with Gasteiger partial charge in [-0.1, -0.05) is 6.92 Å². The fourth-order valence-corrected chi connectivity index (χ4v) is 0.857. The van der Waals surface area contributed by atoms with E-state index in [4.69, 9.17) is 0 Å². The number of allylic oxidation sites excluding steroid dienone is 1. The van der Waals surface area contributed by atoms with E-state index < -0.39 is 11.1 Å². The molecule has 0 radical (unpaired) electrons. The predicted molar refractivity (Wildman–Crippen MR) is 33.5 cm³/mol. The Bertz CT molecular complexity index is 131. The van der Waals surface area contributed by atoms with Crippen LogP contribution < -0.4 is 34.7 Å². The van der Waals surface area contributed by atoms with Crippen molar-refractivity contribution in [3.05, 3.63) is 11.2 Å². The number of hydrogen-bond acceptors (Lipinski definition) is 3. The summed E-state index contributed by atoms with van der Waals surface area (Å²) < 4.78 is 15.0. The normalized spacial score (nSPS) is 14.0. The van der Waals surface area contributed by atoms with Gasteiger partial charge >= 0.3 is 29.6 Å². The Morgan fingerprint density at radius 3 is 2.60 bits per heavy atom. The Morgan fingerprint density at radius 2 is 2.30 bits per heavy atom. The van der Waals surface area contributed by atoms with E-state index in [0.717, 1.165) is 5.41 Å². The summed E-state index contributed by atoms with van der Waals surface area (Å²) in [6.45, 7) is 3.40. The summed E-state index contributed by atoms with van der Waals surface area (Å²) in [6, 6.07) is 0. The van der Waals surface area contributed by atoms with Gasteiger partial charge in [-0.05, 0) is 6.92 Å². The minimum absolute atomic E-state index is 0. The second-order valence-electron chi connectivity index (χ2n) is 1.40. The van der Waals surface area contributed by atoms with Crippen LogP contribution in [0.15, 0.2) is 11.2 Å². The molecule has 0 heterocycles. The average molecular weight is 172 g/mol. The second-order valence-corrected chi connectivity index (χ2v) is 2.39. The molecule has 0 N–H and O–H groups in total. The maximum Gasteiger partial charge on any atom is 1.00 e. The van der Waals surface area contributed by atoms with Crippen LogP contribution >= 0.6 is 0 Å². The van der Waals surface area contributed by atoms with Crippen molar-refractivity contribution in [1.29, 1.82) is 0 Å². The van der Waals surface area contributed by atoms with Gasteiger partial charge in [-0.2, -0.15) is 0 Å². The zero-order valence-electron chi connectivity index (χ0n) is 6.42. The van der Waals surface area contributed by atoms with E-state index in [-0.39, 0.29) is 35.3 Å². The smallest absolute Gasteiger partial charge is 0.875 e. The van der Waals surface area contributed by atoms with E-state index in [0.29, 0.717) is 6.61 Å². The topological polar surface area (TPSA) is 49.4 Å². The van der Waals surface area contributed by atoms with Crippen LogP contribution in [-0.2, 0) is 15.3 Å². The molecule has 1 unspecified atom stereocenters. The molecule has 54 valence electrons. The summed E-state index contributed by atoms with van der Waals surface area (Å²) in [6.07, 6.45) is 0. The molecule has 0 saturated heterocycles. The van der Waals surface area contributed by atoms with Crippen molar-refractivity contribution in [3.8, 4) is 0 Å². The van der Waals surface area contributed by atoms with Gasteiger partial charge in [0, 0.05) is 5.41 Å². The first kappa shape index (κ1) is 13.3. The van der Waals surface area contributed by atoms with Crippen molar-refractivity contribution >= 4 is 11.1 Å². The molecule has 0 aliphatic carbocycles. The van der Waals surface area contributed by atoms with Crippen molar-refractivity contribution in [1.82, 2.24) is 0 Å². The van der Waals surface area contributed by atoms with Gasteiger partial charge in [0.1, 0.15) is 0 Å². The van der Waals surface area contributed by atoms with Crippen LogP contribution in [0.2, 0.25) is 0 Å². The molecule has 0 rings (SSSR count). The van der Waals surface area contributed by atoms with Gasteiger partial charge in [0.15, 0.2) is 11.1 Å². The fraction of sp³-hybridized carbons (Fsp3) is 0.600. The monoisotopic (exact) mass is 172 g/mol. The van der Waals surface area contributed by atoms with Gasteiger partial charge in [-0.3, -0.25) is 4.18 Å². The van der Waals surface area contributed by atoms with Gasteiger partial charge in [0.25, 0.3) is 0 Å². The van der Waals surface area contributed by atoms with E-state index >= 15 is 0 Å². The Morgan fingerprint density at radius 1 is 1.80 bits per heavy atom. The van der Waals surface area contributed by atoms with E-state index in [1.807, 2.05) is 0 Å². The molecule has 0 aromatic heterocycles. The van der Waals surface area contributed by atoms with Gasteiger partial charge in [-0.15, -0.1) is 5.76 Å². The number of hydrogen-bond donors (Lipinski definition) is 0. The third kappa shape index (κ3) is 8.65. The zero-order chi connectivity index (χ0) is 7.28. The van der Waals surface area contributed by atoms with Crippen LogP contribution in [0.1, 0.15) is 13.8 Å². The third-order valence-corrected chi connectivity index (χ3v) is 1.49. The second kappa shape index (κ2) is 7.75. The molecule has 1 atom stereocenters. The third-order valence-electron chi connectivity index (χ3n) is 0.496. The van der Waals surface area contributed by atoms with Gasteiger partial charge < -0.3 is 5.11 Å². The van der Waals surface area contributed by atoms with Crippen molar-refractivity contribution in [2.75, 3.05) is 6.61 Å². The average Bonchev–Trinajstić information content (AvgIpc) is 1.63. The first-order valence-electron chi connectivity index (χ1n) is 2.56. The summed E-state index contributed by atoms with van der Waals surface area (Å²) in [4.78, 5) is 0. The Labute approximate surface area is 85.4 Å². The maximum absolute atomic E-state index is 10.5.